The molecule has 6 nitrogen and oxygen atoms in total. The summed E-state index contributed by atoms with van der Waals surface area (Å²) >= 11 is 0. The molecule has 0 spiro atoms. The molecule has 8 heteroatoms. The Morgan fingerprint density at radius 2 is 1.91 bits per heavy atom. The van der Waals surface area contributed by atoms with Gasteiger partial charge in [-0.05, 0) is 42.8 Å². The summed E-state index contributed by atoms with van der Waals surface area (Å²) in [6.45, 7) is 6.02. The van der Waals surface area contributed by atoms with Crippen LogP contribution in [0.4, 0.5) is 14.5 Å². The minimum Gasteiger partial charge on any atom is -0.462 e. The molecule has 0 fully saturated rings. The van der Waals surface area contributed by atoms with Crippen LogP contribution in [0.2, 0.25) is 0 Å². The molecule has 4 rings (SSSR count). The number of benzene rings is 2. The molecule has 0 bridgehead atoms. The molecular weight excluding hydrogens is 428 g/mol. The fourth-order valence-electron chi connectivity index (χ4n) is 4.32. The largest absolute Gasteiger partial charge is 0.462 e. The highest BCUT2D eigenvalue weighted by Gasteiger charge is 2.37. The van der Waals surface area contributed by atoms with Crippen LogP contribution in [0.25, 0.3) is 16.5 Å². The van der Waals surface area contributed by atoms with Crippen molar-refractivity contribution in [2.45, 2.75) is 26.2 Å². The van der Waals surface area contributed by atoms with Gasteiger partial charge in [-0.15, -0.1) is 0 Å². The predicted octanol–water partition coefficient (Wildman–Crippen LogP) is 4.83. The Morgan fingerprint density at radius 1 is 1.15 bits per heavy atom. The number of fused-ring (bicyclic) bond motifs is 3. The number of ether oxygens (including phenoxy) is 1. The highest BCUT2D eigenvalue weighted by Crippen LogP contribution is 2.41. The zero-order chi connectivity index (χ0) is 23.9. The molecule has 1 aromatic heterocycles. The predicted molar refractivity (Wildman–Crippen MR) is 123 cm³/mol. The molecule has 2 aromatic carbocycles. The van der Waals surface area contributed by atoms with Gasteiger partial charge in [0, 0.05) is 47.4 Å². The monoisotopic (exact) mass is 453 g/mol. The Bertz CT molecular complexity index is 1290. The van der Waals surface area contributed by atoms with Gasteiger partial charge in [0.05, 0.1) is 17.9 Å². The number of anilines is 1. The van der Waals surface area contributed by atoms with Gasteiger partial charge in [-0.25, -0.2) is 13.6 Å². The molecule has 1 aliphatic rings. The third-order valence-corrected chi connectivity index (χ3v) is 5.81. The zero-order valence-corrected chi connectivity index (χ0v) is 18.9. The number of hydrogen-bond donors (Lipinski definition) is 2. The number of aromatic nitrogens is 1. The summed E-state index contributed by atoms with van der Waals surface area (Å²) in [4.78, 5) is 30.9. The SMILES string of the molecule is CCOC(=O)C1=CN(C(=O)c2ccc(F)c(F)c2)CC(C)(C)c2c1[nH]c1cc(NC)ccc21. The quantitative estimate of drug-likeness (QED) is 0.555. The lowest BCUT2D eigenvalue weighted by Gasteiger charge is -2.29. The minimum absolute atomic E-state index is 0.0155. The van der Waals surface area contributed by atoms with Gasteiger partial charge in [0.25, 0.3) is 5.91 Å². The number of nitrogens with one attached hydrogen (secondary N) is 2. The fourth-order valence-corrected chi connectivity index (χ4v) is 4.32. The molecule has 3 aromatic rings. The van der Waals surface area contributed by atoms with Crippen molar-refractivity contribution in [3.05, 3.63) is 71.1 Å². The Labute approximate surface area is 190 Å². The molecule has 0 aliphatic carbocycles. The van der Waals surface area contributed by atoms with Crippen LogP contribution in [-0.4, -0.2) is 42.0 Å². The summed E-state index contributed by atoms with van der Waals surface area (Å²) in [5, 5.41) is 4.02. The number of amides is 1. The molecule has 2 N–H and O–H groups in total. The second-order valence-corrected chi connectivity index (χ2v) is 8.59. The number of carbonyl (C=O) groups is 2. The molecular formula is C25H25F2N3O3. The van der Waals surface area contributed by atoms with E-state index in [2.05, 4.69) is 10.3 Å². The lowest BCUT2D eigenvalue weighted by atomic mass is 9.81. The number of H-pyrrole nitrogens is 1. The average Bonchev–Trinajstić information content (AvgIpc) is 3.11. The summed E-state index contributed by atoms with van der Waals surface area (Å²) < 4.78 is 32.5. The molecule has 172 valence electrons. The summed E-state index contributed by atoms with van der Waals surface area (Å²) in [5.41, 5.74) is 2.79. The van der Waals surface area contributed by atoms with E-state index in [0.717, 1.165) is 34.3 Å². The van der Waals surface area contributed by atoms with Crippen LogP contribution in [0.1, 0.15) is 42.4 Å². The molecule has 0 saturated carbocycles. The lowest BCUT2D eigenvalue weighted by Crippen LogP contribution is -2.37. The van der Waals surface area contributed by atoms with Crippen molar-refractivity contribution in [3.63, 3.8) is 0 Å². The molecule has 33 heavy (non-hydrogen) atoms. The third kappa shape index (κ3) is 3.97. The van der Waals surface area contributed by atoms with Gasteiger partial charge in [-0.3, -0.25) is 4.79 Å². The molecule has 0 radical (unpaired) electrons. The first-order valence-electron chi connectivity index (χ1n) is 10.7. The van der Waals surface area contributed by atoms with Crippen molar-refractivity contribution in [3.8, 4) is 0 Å². The van der Waals surface area contributed by atoms with Crippen molar-refractivity contribution in [2.75, 3.05) is 25.5 Å². The van der Waals surface area contributed by atoms with E-state index in [-0.39, 0.29) is 24.3 Å². The first-order valence-corrected chi connectivity index (χ1v) is 10.7. The van der Waals surface area contributed by atoms with Gasteiger partial charge in [-0.2, -0.15) is 0 Å². The van der Waals surface area contributed by atoms with Crippen LogP contribution >= 0.6 is 0 Å². The first-order chi connectivity index (χ1) is 15.7. The number of rotatable bonds is 4. The number of nitrogens with zero attached hydrogens (tertiary/aromatic N) is 1. The standard InChI is InChI=1S/C25H25F2N3O3/c1-5-33-24(32)17-12-30(23(31)14-6-9-18(26)19(27)10-14)13-25(2,3)21-16-8-7-15(28-4)11-20(16)29-22(17)21/h6-12,28-29H,5,13H2,1-4H3. The van der Waals surface area contributed by atoms with E-state index >= 15 is 0 Å². The average molecular weight is 453 g/mol. The number of aromatic amines is 1. The van der Waals surface area contributed by atoms with Crippen molar-refractivity contribution in [1.29, 1.82) is 0 Å². The van der Waals surface area contributed by atoms with Crippen molar-refractivity contribution in [1.82, 2.24) is 9.88 Å². The van der Waals surface area contributed by atoms with E-state index in [4.69, 9.17) is 4.74 Å². The van der Waals surface area contributed by atoms with Gasteiger partial charge < -0.3 is 19.9 Å². The number of halogens is 2. The molecule has 2 heterocycles. The Hall–Kier alpha value is -3.68. The van der Waals surface area contributed by atoms with Crippen LogP contribution < -0.4 is 5.32 Å². The van der Waals surface area contributed by atoms with Gasteiger partial charge in [0.2, 0.25) is 0 Å². The van der Waals surface area contributed by atoms with Crippen LogP contribution in [0, 0.1) is 11.6 Å². The maximum absolute atomic E-state index is 13.8. The van der Waals surface area contributed by atoms with Crippen molar-refractivity contribution >= 4 is 34.0 Å². The van der Waals surface area contributed by atoms with E-state index in [0.29, 0.717) is 5.69 Å². The van der Waals surface area contributed by atoms with Crippen molar-refractivity contribution < 1.29 is 23.1 Å². The van der Waals surface area contributed by atoms with E-state index in [1.807, 2.05) is 39.1 Å². The smallest absolute Gasteiger partial charge is 0.341 e. The maximum atomic E-state index is 13.8. The van der Waals surface area contributed by atoms with E-state index < -0.39 is 28.9 Å². The first kappa shape index (κ1) is 22.5. The lowest BCUT2D eigenvalue weighted by molar-refractivity contribution is -0.136. The van der Waals surface area contributed by atoms with E-state index in [1.165, 1.54) is 17.2 Å². The number of carbonyl (C=O) groups excluding carboxylic acids is 2. The molecule has 0 unspecified atom stereocenters. The summed E-state index contributed by atoms with van der Waals surface area (Å²) in [6, 6.07) is 8.86. The summed E-state index contributed by atoms with van der Waals surface area (Å²) in [5.74, 6) is -3.27. The summed E-state index contributed by atoms with van der Waals surface area (Å²) in [7, 11) is 1.82. The normalized spacial score (nSPS) is 15.0. The highest BCUT2D eigenvalue weighted by molar-refractivity contribution is 6.18. The van der Waals surface area contributed by atoms with E-state index in [1.54, 1.807) is 6.92 Å². The molecule has 1 amide bonds. The molecule has 1 aliphatic heterocycles. The number of esters is 1. The van der Waals surface area contributed by atoms with Crippen molar-refractivity contribution in [2.24, 2.45) is 0 Å². The van der Waals surface area contributed by atoms with Crippen LogP contribution in [0.3, 0.4) is 0 Å². The van der Waals surface area contributed by atoms with Crippen LogP contribution in [0.15, 0.2) is 42.6 Å². The van der Waals surface area contributed by atoms with Gasteiger partial charge in [-0.1, -0.05) is 19.9 Å². The van der Waals surface area contributed by atoms with E-state index in [9.17, 15) is 18.4 Å². The van der Waals surface area contributed by atoms with Crippen LogP contribution in [-0.2, 0) is 14.9 Å². The highest BCUT2D eigenvalue weighted by atomic mass is 19.2. The van der Waals surface area contributed by atoms with Gasteiger partial charge in [0.15, 0.2) is 11.6 Å². The maximum Gasteiger partial charge on any atom is 0.341 e. The fraction of sp³-hybridized carbons (Fsp3) is 0.280. The Kier molecular flexibility index (Phi) is 5.69. The topological polar surface area (TPSA) is 74.4 Å². The third-order valence-electron chi connectivity index (χ3n) is 5.81. The van der Waals surface area contributed by atoms with Crippen LogP contribution in [0.5, 0.6) is 0 Å². The summed E-state index contributed by atoms with van der Waals surface area (Å²) in [6.07, 6.45) is 1.43. The molecule has 0 saturated heterocycles. The minimum atomic E-state index is -1.11. The second-order valence-electron chi connectivity index (χ2n) is 8.59. The Morgan fingerprint density at radius 3 is 2.58 bits per heavy atom. The second kappa shape index (κ2) is 8.35. The van der Waals surface area contributed by atoms with Gasteiger partial charge >= 0.3 is 5.97 Å². The zero-order valence-electron chi connectivity index (χ0n) is 18.9. The molecule has 0 atom stereocenters. The Balaban J connectivity index is 1.90. The van der Waals surface area contributed by atoms with Gasteiger partial charge in [0.1, 0.15) is 0 Å². The number of hydrogen-bond acceptors (Lipinski definition) is 4.